The summed E-state index contributed by atoms with van der Waals surface area (Å²) in [7, 11) is 0. The van der Waals surface area contributed by atoms with Crippen molar-refractivity contribution in [3.8, 4) is 0 Å². The minimum Gasteiger partial charge on any atom is -0.356 e. The summed E-state index contributed by atoms with van der Waals surface area (Å²) < 4.78 is 0. The van der Waals surface area contributed by atoms with E-state index in [4.69, 9.17) is 0 Å². The largest absolute Gasteiger partial charge is 0.356 e. The molecule has 0 aromatic carbocycles. The summed E-state index contributed by atoms with van der Waals surface area (Å²) in [5.41, 5.74) is -1.16. The molecule has 0 bridgehead atoms. The van der Waals surface area contributed by atoms with Gasteiger partial charge in [-0.1, -0.05) is 33.1 Å². The van der Waals surface area contributed by atoms with Crippen LogP contribution in [0.5, 0.6) is 0 Å². The van der Waals surface area contributed by atoms with E-state index in [2.05, 4.69) is 21.3 Å². The highest BCUT2D eigenvalue weighted by Gasteiger charge is 2.37. The molecule has 0 aromatic rings. The van der Waals surface area contributed by atoms with E-state index in [0.717, 1.165) is 32.1 Å². The second-order valence-corrected chi connectivity index (χ2v) is 9.66. The molecule has 4 N–H and O–H groups in total. The van der Waals surface area contributed by atoms with Crippen molar-refractivity contribution < 1.29 is 19.2 Å². The Labute approximate surface area is 179 Å². The molecule has 30 heavy (non-hydrogen) atoms. The van der Waals surface area contributed by atoms with Crippen molar-refractivity contribution >= 4 is 23.6 Å². The van der Waals surface area contributed by atoms with E-state index in [1.54, 1.807) is 13.8 Å². The highest BCUT2D eigenvalue weighted by Crippen LogP contribution is 2.27. The number of hydrogen-bond acceptors (Lipinski definition) is 4. The molecule has 8 heteroatoms. The first-order valence-electron chi connectivity index (χ1n) is 11.3. The number of hydrogen-bond donors (Lipinski definition) is 4. The van der Waals surface area contributed by atoms with Crippen LogP contribution in [0.15, 0.2) is 0 Å². The third-order valence-corrected chi connectivity index (χ3v) is 5.92. The minimum absolute atomic E-state index is 0.0515. The number of nitrogens with one attached hydrogen (secondary N) is 4. The van der Waals surface area contributed by atoms with Gasteiger partial charge in [0.2, 0.25) is 23.6 Å². The molecule has 8 nitrogen and oxygen atoms in total. The molecule has 2 fully saturated rings. The molecule has 4 amide bonds. The molecule has 0 aromatic heterocycles. The van der Waals surface area contributed by atoms with Gasteiger partial charge in [0, 0.05) is 25.4 Å². The van der Waals surface area contributed by atoms with E-state index < -0.39 is 11.6 Å². The van der Waals surface area contributed by atoms with Crippen molar-refractivity contribution in [3.05, 3.63) is 0 Å². The maximum Gasteiger partial charge on any atom is 0.245 e. The van der Waals surface area contributed by atoms with Crippen LogP contribution in [0.1, 0.15) is 79.1 Å². The number of amides is 4. The van der Waals surface area contributed by atoms with E-state index >= 15 is 0 Å². The fourth-order valence-electron chi connectivity index (χ4n) is 4.32. The number of carbonyl (C=O) groups excluding carboxylic acids is 4. The normalized spacial score (nSPS) is 27.5. The van der Waals surface area contributed by atoms with E-state index in [9.17, 15) is 19.2 Å². The quantitative estimate of drug-likeness (QED) is 0.550. The number of carbonyl (C=O) groups is 4. The zero-order valence-electron chi connectivity index (χ0n) is 18.8. The molecule has 0 spiro atoms. The summed E-state index contributed by atoms with van der Waals surface area (Å²) in [4.78, 5) is 50.9. The lowest BCUT2D eigenvalue weighted by atomic mass is 9.83. The summed E-state index contributed by atoms with van der Waals surface area (Å²) in [6.45, 7) is 7.53. The topological polar surface area (TPSA) is 116 Å². The molecule has 170 valence electrons. The summed E-state index contributed by atoms with van der Waals surface area (Å²) in [5.74, 6) is -0.769. The Hall–Kier alpha value is -2.12. The highest BCUT2D eigenvalue weighted by molar-refractivity contribution is 5.95. The third kappa shape index (κ3) is 7.29. The molecule has 1 heterocycles. The van der Waals surface area contributed by atoms with Crippen LogP contribution in [-0.4, -0.2) is 47.8 Å². The van der Waals surface area contributed by atoms with Gasteiger partial charge in [-0.2, -0.15) is 0 Å². The van der Waals surface area contributed by atoms with Crippen LogP contribution >= 0.6 is 0 Å². The number of rotatable bonds is 3. The van der Waals surface area contributed by atoms with Crippen molar-refractivity contribution in [2.24, 2.45) is 11.8 Å². The molecule has 1 aliphatic heterocycles. The lowest BCUT2D eigenvalue weighted by molar-refractivity contribution is -0.136. The Morgan fingerprint density at radius 2 is 1.63 bits per heavy atom. The molecule has 1 saturated carbocycles. The lowest BCUT2D eigenvalue weighted by Crippen LogP contribution is -2.61. The molecule has 0 radical (unpaired) electrons. The molecular formula is C22H38N4O4. The van der Waals surface area contributed by atoms with Crippen LogP contribution in [0.4, 0.5) is 0 Å². The maximum atomic E-state index is 13.3. The van der Waals surface area contributed by atoms with E-state index in [1.807, 2.05) is 13.8 Å². The second-order valence-electron chi connectivity index (χ2n) is 9.66. The van der Waals surface area contributed by atoms with E-state index in [0.29, 0.717) is 12.3 Å². The zero-order chi connectivity index (χ0) is 22.3. The standard InChI is InChI=1S/C22H38N4O4/c1-14(2)12-16-13-18(28)23-11-10-17(27)26-22(3,4)21(30)25-19(20(29)24-16)15-8-6-5-7-9-15/h14-16,19H,5-13H2,1-4H3,(H,23,28)(H,24,29)(H,25,30)(H,26,27)/t16-,19+/m0/s1. The third-order valence-electron chi connectivity index (χ3n) is 5.92. The van der Waals surface area contributed by atoms with Gasteiger partial charge >= 0.3 is 0 Å². The van der Waals surface area contributed by atoms with Crippen LogP contribution in [0.3, 0.4) is 0 Å². The predicted octanol–water partition coefficient (Wildman–Crippen LogP) is 1.39. The van der Waals surface area contributed by atoms with Crippen molar-refractivity contribution in [1.82, 2.24) is 21.3 Å². The summed E-state index contributed by atoms with van der Waals surface area (Å²) in [6, 6.07) is -0.986. The summed E-state index contributed by atoms with van der Waals surface area (Å²) >= 11 is 0. The molecule has 1 aliphatic carbocycles. The van der Waals surface area contributed by atoms with Gasteiger partial charge in [0.1, 0.15) is 11.6 Å². The minimum atomic E-state index is -1.16. The van der Waals surface area contributed by atoms with Gasteiger partial charge in [-0.05, 0) is 44.9 Å². The molecule has 2 rings (SSSR count). The Kier molecular flexibility index (Phi) is 8.67. The SMILES string of the molecule is CC(C)C[C@H]1CC(=O)NCCC(=O)NC(C)(C)C(=O)N[C@H](C2CCCCC2)C(=O)N1. The van der Waals surface area contributed by atoms with Crippen molar-refractivity contribution in [1.29, 1.82) is 0 Å². The van der Waals surface area contributed by atoms with Gasteiger partial charge < -0.3 is 21.3 Å². The predicted molar refractivity (Wildman–Crippen MR) is 114 cm³/mol. The Bertz CT molecular complexity index is 641. The van der Waals surface area contributed by atoms with Gasteiger partial charge in [-0.15, -0.1) is 0 Å². The van der Waals surface area contributed by atoms with Crippen molar-refractivity contribution in [2.45, 2.75) is 96.7 Å². The average molecular weight is 423 g/mol. The smallest absolute Gasteiger partial charge is 0.245 e. The Balaban J connectivity index is 2.28. The molecule has 1 saturated heterocycles. The maximum absolute atomic E-state index is 13.3. The highest BCUT2D eigenvalue weighted by atomic mass is 16.2. The van der Waals surface area contributed by atoms with Crippen LogP contribution in [0, 0.1) is 11.8 Å². The first kappa shape index (κ1) is 24.2. The summed E-state index contributed by atoms with van der Waals surface area (Å²) in [5, 5.41) is 11.4. The first-order chi connectivity index (χ1) is 14.1. The summed E-state index contributed by atoms with van der Waals surface area (Å²) in [6.07, 6.45) is 5.86. The molecular weight excluding hydrogens is 384 g/mol. The van der Waals surface area contributed by atoms with E-state index in [1.165, 1.54) is 0 Å². The fraction of sp³-hybridized carbons (Fsp3) is 0.818. The zero-order valence-corrected chi connectivity index (χ0v) is 18.8. The Morgan fingerprint density at radius 1 is 0.967 bits per heavy atom. The van der Waals surface area contributed by atoms with Gasteiger partial charge in [-0.3, -0.25) is 19.2 Å². The monoisotopic (exact) mass is 422 g/mol. The van der Waals surface area contributed by atoms with Gasteiger partial charge in [0.05, 0.1) is 0 Å². The van der Waals surface area contributed by atoms with E-state index in [-0.39, 0.29) is 55.0 Å². The van der Waals surface area contributed by atoms with Gasteiger partial charge in [0.25, 0.3) is 0 Å². The van der Waals surface area contributed by atoms with Crippen LogP contribution in [0.2, 0.25) is 0 Å². The first-order valence-corrected chi connectivity index (χ1v) is 11.3. The molecule has 2 aliphatic rings. The second kappa shape index (κ2) is 10.8. The Morgan fingerprint density at radius 3 is 2.27 bits per heavy atom. The molecule has 2 atom stereocenters. The van der Waals surface area contributed by atoms with Crippen LogP contribution in [0.25, 0.3) is 0 Å². The fourth-order valence-corrected chi connectivity index (χ4v) is 4.32. The molecule has 0 unspecified atom stereocenters. The van der Waals surface area contributed by atoms with Crippen molar-refractivity contribution in [2.75, 3.05) is 6.54 Å². The van der Waals surface area contributed by atoms with Crippen molar-refractivity contribution in [3.63, 3.8) is 0 Å². The van der Waals surface area contributed by atoms with Gasteiger partial charge in [0.15, 0.2) is 0 Å². The van der Waals surface area contributed by atoms with Gasteiger partial charge in [-0.25, -0.2) is 0 Å². The lowest BCUT2D eigenvalue weighted by Gasteiger charge is -2.34. The van der Waals surface area contributed by atoms with Crippen LogP contribution in [-0.2, 0) is 19.2 Å². The van der Waals surface area contributed by atoms with Crippen LogP contribution < -0.4 is 21.3 Å². The average Bonchev–Trinajstić information content (AvgIpc) is 2.64.